The zero-order valence-corrected chi connectivity index (χ0v) is 9.85. The molecule has 3 atom stereocenters. The molecule has 0 saturated heterocycles. The smallest absolute Gasteiger partial charge is 0.329 e. The Labute approximate surface area is 101 Å². The highest BCUT2D eigenvalue weighted by Crippen LogP contribution is 2.47. The van der Waals surface area contributed by atoms with E-state index in [1.54, 1.807) is 0 Å². The minimum absolute atomic E-state index is 0.160. The molecule has 17 heavy (non-hydrogen) atoms. The lowest BCUT2D eigenvalue weighted by Gasteiger charge is -2.21. The summed E-state index contributed by atoms with van der Waals surface area (Å²) in [4.78, 5) is 21.5. The van der Waals surface area contributed by atoms with Crippen molar-refractivity contribution in [3.63, 3.8) is 0 Å². The van der Waals surface area contributed by atoms with E-state index in [9.17, 15) is 9.59 Å². The monoisotopic (exact) mass is 241 g/mol. The molecule has 5 heteroatoms. The molecule has 0 heterocycles. The van der Waals surface area contributed by atoms with Gasteiger partial charge in [-0.1, -0.05) is 6.42 Å². The molecule has 2 aliphatic rings. The topological polar surface area (TPSA) is 75.6 Å². The van der Waals surface area contributed by atoms with Crippen molar-refractivity contribution in [2.75, 3.05) is 19.8 Å². The first kappa shape index (κ1) is 12.4. The van der Waals surface area contributed by atoms with Crippen LogP contribution in [0.4, 0.5) is 0 Å². The second-order valence-corrected chi connectivity index (χ2v) is 5.13. The Bertz CT molecular complexity index is 305. The Hall–Kier alpha value is -1.10. The molecule has 2 saturated carbocycles. The van der Waals surface area contributed by atoms with Gasteiger partial charge >= 0.3 is 5.97 Å². The van der Waals surface area contributed by atoms with E-state index in [1.165, 1.54) is 25.7 Å². The minimum Gasteiger partial charge on any atom is -0.480 e. The van der Waals surface area contributed by atoms with Crippen molar-refractivity contribution in [1.82, 2.24) is 5.32 Å². The Morgan fingerprint density at radius 3 is 2.65 bits per heavy atom. The molecule has 0 aromatic rings. The molecule has 0 aliphatic heterocycles. The van der Waals surface area contributed by atoms with Gasteiger partial charge in [0.05, 0.1) is 0 Å². The largest absolute Gasteiger partial charge is 0.480 e. The van der Waals surface area contributed by atoms with Gasteiger partial charge in [-0.2, -0.15) is 0 Å². The summed E-state index contributed by atoms with van der Waals surface area (Å²) >= 11 is 0. The Morgan fingerprint density at radius 1 is 1.24 bits per heavy atom. The first-order chi connectivity index (χ1) is 8.15. The van der Waals surface area contributed by atoms with Crippen molar-refractivity contribution in [1.29, 1.82) is 0 Å². The van der Waals surface area contributed by atoms with Crippen LogP contribution in [0.25, 0.3) is 0 Å². The molecule has 2 bridgehead atoms. The number of fused-ring (bicyclic) bond motifs is 2. The fourth-order valence-corrected chi connectivity index (χ4v) is 3.15. The van der Waals surface area contributed by atoms with Crippen LogP contribution < -0.4 is 5.32 Å². The Morgan fingerprint density at radius 2 is 2.06 bits per heavy atom. The predicted octanol–water partition coefficient (Wildman–Crippen LogP) is 0.640. The summed E-state index contributed by atoms with van der Waals surface area (Å²) in [6.45, 7) is 0.144. The average Bonchev–Trinajstić information content (AvgIpc) is 2.87. The first-order valence-electron chi connectivity index (χ1n) is 6.21. The van der Waals surface area contributed by atoms with Crippen molar-refractivity contribution in [2.24, 2.45) is 17.8 Å². The molecule has 0 radical (unpaired) electrons. The van der Waals surface area contributed by atoms with E-state index < -0.39 is 12.6 Å². The Kier molecular flexibility index (Phi) is 3.99. The van der Waals surface area contributed by atoms with Crippen LogP contribution in [0.2, 0.25) is 0 Å². The number of hydrogen-bond donors (Lipinski definition) is 2. The van der Waals surface area contributed by atoms with Gasteiger partial charge in [-0.05, 0) is 37.0 Å². The van der Waals surface area contributed by atoms with Gasteiger partial charge in [-0.25, -0.2) is 4.79 Å². The number of hydrogen-bond acceptors (Lipinski definition) is 3. The zero-order valence-electron chi connectivity index (χ0n) is 9.85. The van der Waals surface area contributed by atoms with Gasteiger partial charge in [0.15, 0.2) is 0 Å². The molecule has 2 aliphatic carbocycles. The standard InChI is InChI=1S/C12H19NO4/c14-11(6-17-7-12(15)16)13-5-10-4-8-1-2-9(10)3-8/h8-10H,1-7H2,(H,13,14)(H,15,16). The molecular formula is C12H19NO4. The summed E-state index contributed by atoms with van der Waals surface area (Å²) in [5.41, 5.74) is 0. The van der Waals surface area contributed by atoms with Crippen LogP contribution in [-0.4, -0.2) is 36.7 Å². The van der Waals surface area contributed by atoms with Gasteiger partial charge in [-0.3, -0.25) is 4.79 Å². The van der Waals surface area contributed by atoms with Gasteiger partial charge in [0, 0.05) is 6.54 Å². The van der Waals surface area contributed by atoms with Crippen LogP contribution in [0, 0.1) is 17.8 Å². The summed E-state index contributed by atoms with van der Waals surface area (Å²) < 4.78 is 4.72. The summed E-state index contributed by atoms with van der Waals surface area (Å²) in [5, 5.41) is 11.2. The van der Waals surface area contributed by atoms with Crippen molar-refractivity contribution in [2.45, 2.75) is 25.7 Å². The summed E-state index contributed by atoms with van der Waals surface area (Å²) in [7, 11) is 0. The highest BCUT2D eigenvalue weighted by atomic mass is 16.5. The van der Waals surface area contributed by atoms with Gasteiger partial charge in [0.1, 0.15) is 13.2 Å². The Balaban J connectivity index is 1.58. The SMILES string of the molecule is O=C(O)COCC(=O)NCC1CC2CCC1C2. The van der Waals surface area contributed by atoms with Crippen LogP contribution in [0.1, 0.15) is 25.7 Å². The van der Waals surface area contributed by atoms with E-state index in [0.717, 1.165) is 18.4 Å². The van der Waals surface area contributed by atoms with E-state index >= 15 is 0 Å². The number of rotatable bonds is 6. The van der Waals surface area contributed by atoms with Crippen molar-refractivity contribution in [3.8, 4) is 0 Å². The number of carboxylic acids is 1. The number of aliphatic carboxylic acids is 1. The molecule has 2 fully saturated rings. The number of amides is 1. The molecule has 96 valence electrons. The van der Waals surface area contributed by atoms with E-state index in [1.807, 2.05) is 0 Å². The van der Waals surface area contributed by atoms with Gasteiger partial charge in [0.2, 0.25) is 5.91 Å². The maximum absolute atomic E-state index is 11.4. The highest BCUT2D eigenvalue weighted by molar-refractivity contribution is 5.77. The highest BCUT2D eigenvalue weighted by Gasteiger charge is 2.39. The van der Waals surface area contributed by atoms with Gasteiger partial charge < -0.3 is 15.2 Å². The third-order valence-corrected chi connectivity index (χ3v) is 3.90. The zero-order chi connectivity index (χ0) is 12.3. The van der Waals surface area contributed by atoms with Crippen LogP contribution in [-0.2, 0) is 14.3 Å². The lowest BCUT2D eigenvalue weighted by Crippen LogP contribution is -2.34. The number of ether oxygens (including phenoxy) is 1. The quantitative estimate of drug-likeness (QED) is 0.715. The third-order valence-electron chi connectivity index (χ3n) is 3.90. The second kappa shape index (κ2) is 5.49. The summed E-state index contributed by atoms with van der Waals surface area (Å²) in [5.74, 6) is 1.03. The normalized spacial score (nSPS) is 30.5. The van der Waals surface area contributed by atoms with Gasteiger partial charge in [-0.15, -0.1) is 0 Å². The van der Waals surface area contributed by atoms with Crippen LogP contribution in [0.5, 0.6) is 0 Å². The molecule has 2 rings (SSSR count). The predicted molar refractivity (Wildman–Crippen MR) is 60.4 cm³/mol. The molecule has 0 aromatic heterocycles. The van der Waals surface area contributed by atoms with E-state index in [4.69, 9.17) is 9.84 Å². The average molecular weight is 241 g/mol. The van der Waals surface area contributed by atoms with E-state index in [2.05, 4.69) is 5.32 Å². The molecule has 5 nitrogen and oxygen atoms in total. The molecule has 3 unspecified atom stereocenters. The molecule has 0 spiro atoms. The number of nitrogens with one attached hydrogen (secondary N) is 1. The fraction of sp³-hybridized carbons (Fsp3) is 0.833. The lowest BCUT2D eigenvalue weighted by atomic mass is 9.89. The molecule has 1 amide bonds. The van der Waals surface area contributed by atoms with Crippen LogP contribution >= 0.6 is 0 Å². The fourth-order valence-electron chi connectivity index (χ4n) is 3.15. The van der Waals surface area contributed by atoms with Crippen molar-refractivity contribution in [3.05, 3.63) is 0 Å². The minimum atomic E-state index is -1.05. The van der Waals surface area contributed by atoms with Crippen molar-refractivity contribution >= 4 is 11.9 Å². The van der Waals surface area contributed by atoms with Crippen LogP contribution in [0.3, 0.4) is 0 Å². The van der Waals surface area contributed by atoms with Crippen molar-refractivity contribution < 1.29 is 19.4 Å². The lowest BCUT2D eigenvalue weighted by molar-refractivity contribution is -0.143. The first-order valence-corrected chi connectivity index (χ1v) is 6.21. The number of carbonyl (C=O) groups excluding carboxylic acids is 1. The van der Waals surface area contributed by atoms with Gasteiger partial charge in [0.25, 0.3) is 0 Å². The van der Waals surface area contributed by atoms with E-state index in [-0.39, 0.29) is 12.5 Å². The summed E-state index contributed by atoms with van der Waals surface area (Å²) in [6.07, 6.45) is 5.23. The van der Waals surface area contributed by atoms with E-state index in [0.29, 0.717) is 5.92 Å². The third kappa shape index (κ3) is 3.43. The molecular weight excluding hydrogens is 222 g/mol. The number of carboxylic acid groups (broad SMARTS) is 1. The number of carbonyl (C=O) groups is 2. The summed E-state index contributed by atoms with van der Waals surface area (Å²) in [6, 6.07) is 0. The van der Waals surface area contributed by atoms with Crippen LogP contribution in [0.15, 0.2) is 0 Å². The second-order valence-electron chi connectivity index (χ2n) is 5.13. The maximum Gasteiger partial charge on any atom is 0.329 e. The molecule has 2 N–H and O–H groups in total. The maximum atomic E-state index is 11.4. The molecule has 0 aromatic carbocycles.